The molecule has 0 aliphatic carbocycles. The molecular weight excluding hydrogens is 361 g/mol. The summed E-state index contributed by atoms with van der Waals surface area (Å²) in [4.78, 5) is 6.00. The molecule has 0 aliphatic rings. The van der Waals surface area contributed by atoms with Crippen molar-refractivity contribution in [2.75, 3.05) is 6.54 Å². The van der Waals surface area contributed by atoms with Gasteiger partial charge in [0, 0.05) is 0 Å². The monoisotopic (exact) mass is 395 g/mol. The number of imidazole rings is 2. The van der Waals surface area contributed by atoms with Gasteiger partial charge in [0.05, 0.1) is 13.1 Å². The van der Waals surface area contributed by atoms with Crippen LogP contribution in [-0.2, 0) is 13.1 Å². The van der Waals surface area contributed by atoms with Crippen LogP contribution < -0.4 is 9.13 Å². The lowest BCUT2D eigenvalue weighted by Crippen LogP contribution is -2.29. The first kappa shape index (κ1) is 27.4. The minimum atomic E-state index is -6.00. The zero-order chi connectivity index (χ0) is 21.0. The van der Waals surface area contributed by atoms with Crippen molar-refractivity contribution in [2.24, 2.45) is 0 Å². The van der Waals surface area contributed by atoms with Crippen LogP contribution in [0.25, 0.3) is 5.73 Å². The summed E-state index contributed by atoms with van der Waals surface area (Å²) >= 11 is 0. The van der Waals surface area contributed by atoms with Crippen LogP contribution in [0.3, 0.4) is 0 Å². The van der Waals surface area contributed by atoms with Gasteiger partial charge in [0.1, 0.15) is 24.8 Å². The second-order valence-electron chi connectivity index (χ2n) is 5.65. The van der Waals surface area contributed by atoms with E-state index in [-0.39, 0.29) is 0 Å². The van der Waals surface area contributed by atoms with Crippen molar-refractivity contribution >= 4 is 7.25 Å². The predicted octanol–water partition coefficient (Wildman–Crippen LogP) is 4.95. The molecule has 2 aromatic rings. The number of rotatable bonds is 7. The number of H-pyrrole nitrogens is 2. The molecule has 27 heavy (non-hydrogen) atoms. The van der Waals surface area contributed by atoms with E-state index < -0.39 is 7.25 Å². The minimum absolute atomic E-state index is 0.569. The lowest BCUT2D eigenvalue weighted by Gasteiger charge is -1.94. The Kier molecular flexibility index (Phi) is 19.2. The van der Waals surface area contributed by atoms with Gasteiger partial charge < -0.3 is 23.0 Å². The van der Waals surface area contributed by atoms with E-state index in [9.17, 15) is 17.3 Å². The Morgan fingerprint density at radius 3 is 1.30 bits per heavy atom. The number of nitrogens with zero attached hydrogens (tertiary/aromatic N) is 2. The fourth-order valence-electron chi connectivity index (χ4n) is 1.60. The summed E-state index contributed by atoms with van der Waals surface area (Å²) in [5, 5.41) is 0. The molecule has 2 rings (SSSR count). The van der Waals surface area contributed by atoms with Crippen LogP contribution >= 0.6 is 0 Å². The van der Waals surface area contributed by atoms with Crippen molar-refractivity contribution in [3.8, 4) is 0 Å². The molecule has 0 atom stereocenters. The molecule has 5 nitrogen and oxygen atoms in total. The summed E-state index contributed by atoms with van der Waals surface area (Å²) in [7, 11) is -6.00. The van der Waals surface area contributed by atoms with Gasteiger partial charge in [0.15, 0.2) is 0 Å². The Labute approximate surface area is 160 Å². The number of hydrogen-bond acceptors (Lipinski definition) is 0. The molecule has 0 radical (unpaired) electrons. The number of unbranched alkanes of at least 4 members (excludes halogenated alkanes) is 2. The molecule has 0 amide bonds. The molecule has 0 saturated carbocycles. The zero-order valence-electron chi connectivity index (χ0n) is 16.6. The van der Waals surface area contributed by atoms with Crippen molar-refractivity contribution in [3.63, 3.8) is 0 Å². The summed E-state index contributed by atoms with van der Waals surface area (Å²) in [5.41, 5.74) is 6.45. The normalized spacial score (nSPS) is 9.93. The average molecular weight is 395 g/mol. The number of hydrogen-bond donors (Lipinski definition) is 2. The van der Waals surface area contributed by atoms with Crippen LogP contribution in [0.2, 0.25) is 0 Å². The molecule has 3 N–H and O–H groups in total. The zero-order valence-corrected chi connectivity index (χ0v) is 16.6. The summed E-state index contributed by atoms with van der Waals surface area (Å²) in [6, 6.07) is 0. The van der Waals surface area contributed by atoms with Crippen LogP contribution in [0.4, 0.5) is 17.3 Å². The summed E-state index contributed by atoms with van der Waals surface area (Å²) < 4.78 is 43.3. The highest BCUT2D eigenvalue weighted by Gasteiger charge is 2.20. The largest absolute Gasteiger partial charge is 0.677 e. The first-order valence-electron chi connectivity index (χ1n) is 9.33. The molecule has 0 bridgehead atoms. The standard InChI is InChI=1S/2C7H12N2.C3H8N.BF4/c2*1-2-3-5-9-6-4-8-7-9;1-2-3-4;2-1(3,4)5/h2*4,6-7H,2-3,5H2,1H3;4H,2-3H2,1H3;/q;;2*-1/p+2. The maximum Gasteiger partial charge on any atom is 0.673 e. The molecule has 0 fully saturated rings. The van der Waals surface area contributed by atoms with Crippen molar-refractivity contribution in [2.45, 2.75) is 66.0 Å². The fraction of sp³-hybridized carbons (Fsp3) is 0.647. The fourth-order valence-corrected chi connectivity index (χ4v) is 1.60. The molecule has 10 heteroatoms. The van der Waals surface area contributed by atoms with E-state index in [0.717, 1.165) is 19.5 Å². The van der Waals surface area contributed by atoms with Crippen molar-refractivity contribution in [3.05, 3.63) is 43.2 Å². The van der Waals surface area contributed by atoms with Gasteiger partial charge in [-0.3, -0.25) is 9.97 Å². The minimum Gasteiger partial charge on any atom is -0.677 e. The highest BCUT2D eigenvalue weighted by molar-refractivity contribution is 6.50. The number of aryl methyl sites for hydroxylation is 2. The van der Waals surface area contributed by atoms with Crippen LogP contribution in [0.5, 0.6) is 0 Å². The van der Waals surface area contributed by atoms with E-state index in [0.29, 0.717) is 6.54 Å². The maximum absolute atomic E-state index is 9.75. The highest BCUT2D eigenvalue weighted by atomic mass is 19.5. The van der Waals surface area contributed by atoms with Gasteiger partial charge in [-0.15, -0.1) is 0 Å². The SMILES string of the molecule is CCCC[n+]1cc[nH]c1.CCCC[n+]1cc[nH]c1.CCC[NH-].F[B-](F)(F)F. The number of aromatic nitrogens is 4. The lowest BCUT2D eigenvalue weighted by molar-refractivity contribution is -0.696. The van der Waals surface area contributed by atoms with E-state index in [1.165, 1.54) is 25.7 Å². The molecule has 158 valence electrons. The molecule has 0 aromatic carbocycles. The van der Waals surface area contributed by atoms with Gasteiger partial charge in [-0.25, -0.2) is 9.13 Å². The van der Waals surface area contributed by atoms with E-state index in [1.807, 2.05) is 32.0 Å². The molecule has 2 aromatic heterocycles. The molecule has 0 aliphatic heterocycles. The van der Waals surface area contributed by atoms with Crippen LogP contribution in [0, 0.1) is 0 Å². The number of aromatic amines is 2. The quantitative estimate of drug-likeness (QED) is 0.379. The molecule has 0 spiro atoms. The van der Waals surface area contributed by atoms with Gasteiger partial charge >= 0.3 is 7.25 Å². The van der Waals surface area contributed by atoms with Gasteiger partial charge in [-0.1, -0.05) is 40.0 Å². The number of halogens is 4. The van der Waals surface area contributed by atoms with Gasteiger partial charge in [-0.2, -0.15) is 6.54 Å². The molecule has 2 heterocycles. The van der Waals surface area contributed by atoms with Crippen LogP contribution in [0.1, 0.15) is 52.9 Å². The van der Waals surface area contributed by atoms with Crippen molar-refractivity contribution < 1.29 is 26.4 Å². The van der Waals surface area contributed by atoms with Crippen molar-refractivity contribution in [1.82, 2.24) is 9.97 Å². The Bertz CT molecular complexity index is 444. The smallest absolute Gasteiger partial charge is 0.673 e. The Morgan fingerprint density at radius 2 is 1.11 bits per heavy atom. The third-order valence-electron chi connectivity index (χ3n) is 2.99. The van der Waals surface area contributed by atoms with E-state index in [1.54, 1.807) is 0 Å². The number of nitrogens with one attached hydrogen (secondary N) is 3. The Hall–Kier alpha value is -1.84. The van der Waals surface area contributed by atoms with E-state index in [4.69, 9.17) is 5.73 Å². The molecular formula is C17H34BF4N5. The summed E-state index contributed by atoms with van der Waals surface area (Å²) in [6.45, 7) is 9.24. The van der Waals surface area contributed by atoms with Gasteiger partial charge in [-0.05, 0) is 12.8 Å². The Balaban J connectivity index is 0. The second kappa shape index (κ2) is 18.9. The van der Waals surface area contributed by atoms with Crippen LogP contribution in [0.15, 0.2) is 37.4 Å². The lowest BCUT2D eigenvalue weighted by atomic mass is 10.3. The summed E-state index contributed by atoms with van der Waals surface area (Å²) in [6.07, 6.45) is 18.0. The van der Waals surface area contributed by atoms with Gasteiger partial charge in [0.2, 0.25) is 12.7 Å². The average Bonchev–Trinajstić information content (AvgIpc) is 3.31. The molecule has 0 saturated heterocycles. The maximum atomic E-state index is 9.75. The van der Waals surface area contributed by atoms with Gasteiger partial charge in [0.25, 0.3) is 0 Å². The highest BCUT2D eigenvalue weighted by Crippen LogP contribution is 2.06. The van der Waals surface area contributed by atoms with E-state index in [2.05, 4.69) is 45.3 Å². The second-order valence-corrected chi connectivity index (χ2v) is 5.65. The topological polar surface area (TPSA) is 63.1 Å². The van der Waals surface area contributed by atoms with Crippen LogP contribution in [-0.4, -0.2) is 23.8 Å². The van der Waals surface area contributed by atoms with E-state index >= 15 is 0 Å². The predicted molar refractivity (Wildman–Crippen MR) is 101 cm³/mol. The first-order valence-corrected chi connectivity index (χ1v) is 9.33. The molecule has 0 unspecified atom stereocenters. The third kappa shape index (κ3) is 26.5. The first-order chi connectivity index (χ1) is 12.8. The Morgan fingerprint density at radius 1 is 0.778 bits per heavy atom. The third-order valence-corrected chi connectivity index (χ3v) is 2.99. The summed E-state index contributed by atoms with van der Waals surface area (Å²) in [5.74, 6) is 0. The van der Waals surface area contributed by atoms with Crippen molar-refractivity contribution in [1.29, 1.82) is 0 Å².